The molecule has 0 aliphatic carbocycles. The third kappa shape index (κ3) is 3.69. The number of nitrogens with one attached hydrogen (secondary N) is 1. The lowest BCUT2D eigenvalue weighted by molar-refractivity contribution is -0.115. The summed E-state index contributed by atoms with van der Waals surface area (Å²) in [5, 5.41) is 2.50. The van der Waals surface area contributed by atoms with Gasteiger partial charge < -0.3 is 5.32 Å². The van der Waals surface area contributed by atoms with Crippen molar-refractivity contribution in [2.45, 2.75) is 6.92 Å². The number of carbonyl (C=O) groups excluding carboxylic acids is 1. The fraction of sp³-hybridized carbons (Fsp3) is 0.400. The van der Waals surface area contributed by atoms with Crippen molar-refractivity contribution in [2.24, 2.45) is 0 Å². The number of carbonyl (C=O) groups is 1. The van der Waals surface area contributed by atoms with Gasteiger partial charge in [0.15, 0.2) is 0 Å². The van der Waals surface area contributed by atoms with E-state index < -0.39 is 0 Å². The molecule has 0 spiro atoms. The van der Waals surface area contributed by atoms with Crippen LogP contribution in [0.4, 0.5) is 0 Å². The highest BCUT2D eigenvalue weighted by Crippen LogP contribution is 1.68. The van der Waals surface area contributed by atoms with E-state index in [2.05, 4.69) is 32.0 Å². The van der Waals surface area contributed by atoms with Gasteiger partial charge in [0.1, 0.15) is 0 Å². The van der Waals surface area contributed by atoms with Gasteiger partial charge in [-0.15, -0.1) is 0 Å². The Bertz CT molecular complexity index is 133. The molecule has 3 heteroatoms. The summed E-state index contributed by atoms with van der Waals surface area (Å²) in [6, 6.07) is 0. The molecule has 0 radical (unpaired) electrons. The Kier molecular flexibility index (Phi) is 4.38. The molecule has 0 heterocycles. The van der Waals surface area contributed by atoms with Crippen LogP contribution in [0.15, 0.2) is 0 Å². The van der Waals surface area contributed by atoms with Crippen LogP contribution in [-0.4, -0.2) is 12.5 Å². The van der Waals surface area contributed by atoms with Crippen LogP contribution in [0.1, 0.15) is 6.92 Å². The highest BCUT2D eigenvalue weighted by molar-refractivity contribution is 9.12. The number of halogens is 1. The first-order chi connectivity index (χ1) is 3.81. The van der Waals surface area contributed by atoms with Gasteiger partial charge in [0.2, 0.25) is 0 Å². The minimum atomic E-state index is -0.246. The van der Waals surface area contributed by atoms with E-state index in [4.69, 9.17) is 0 Å². The summed E-state index contributed by atoms with van der Waals surface area (Å²) >= 11 is 2.80. The Morgan fingerprint density at radius 2 is 2.50 bits per heavy atom. The van der Waals surface area contributed by atoms with Gasteiger partial charge in [0, 0.05) is 28.4 Å². The first-order valence-corrected chi connectivity index (χ1v) is 3.00. The maximum Gasteiger partial charge on any atom is 0.296 e. The summed E-state index contributed by atoms with van der Waals surface area (Å²) in [5.41, 5.74) is 0. The van der Waals surface area contributed by atoms with E-state index in [0.29, 0.717) is 6.54 Å². The molecule has 0 saturated heterocycles. The number of hydrogen-bond acceptors (Lipinski definition) is 1. The first-order valence-electron chi connectivity index (χ1n) is 2.20. The van der Waals surface area contributed by atoms with Gasteiger partial charge in [-0.05, 0) is 11.8 Å². The molecule has 0 bridgehead atoms. The van der Waals surface area contributed by atoms with Crippen molar-refractivity contribution in [1.29, 1.82) is 0 Å². The van der Waals surface area contributed by atoms with E-state index in [-0.39, 0.29) is 5.91 Å². The molecule has 2 nitrogen and oxygen atoms in total. The van der Waals surface area contributed by atoms with Crippen LogP contribution < -0.4 is 5.32 Å². The van der Waals surface area contributed by atoms with Crippen molar-refractivity contribution in [2.75, 3.05) is 6.54 Å². The Morgan fingerprint density at radius 3 is 2.88 bits per heavy atom. The first kappa shape index (κ1) is 7.51. The molecule has 0 fully saturated rings. The van der Waals surface area contributed by atoms with Crippen LogP contribution in [-0.2, 0) is 4.79 Å². The van der Waals surface area contributed by atoms with Gasteiger partial charge in [-0.25, -0.2) is 0 Å². The summed E-state index contributed by atoms with van der Waals surface area (Å²) < 4.78 is 0. The Labute approximate surface area is 56.8 Å². The largest absolute Gasteiger partial charge is 0.346 e. The maximum absolute atomic E-state index is 10.3. The highest BCUT2D eigenvalue weighted by Gasteiger charge is 1.86. The second-order valence-electron chi connectivity index (χ2n) is 1.08. The van der Waals surface area contributed by atoms with E-state index in [0.717, 1.165) is 0 Å². The van der Waals surface area contributed by atoms with Gasteiger partial charge in [-0.3, -0.25) is 4.79 Å². The van der Waals surface area contributed by atoms with Gasteiger partial charge in [-0.1, -0.05) is 0 Å². The maximum atomic E-state index is 10.3. The molecule has 0 aromatic carbocycles. The predicted octanol–water partition coefficient (Wildman–Crippen LogP) is 0.478. The van der Waals surface area contributed by atoms with Gasteiger partial charge >= 0.3 is 0 Å². The van der Waals surface area contributed by atoms with Crippen molar-refractivity contribution in [3.05, 3.63) is 0 Å². The number of hydrogen-bond donors (Lipinski definition) is 1. The van der Waals surface area contributed by atoms with E-state index in [1.54, 1.807) is 0 Å². The molecule has 0 atom stereocenters. The number of amides is 1. The minimum Gasteiger partial charge on any atom is -0.346 e. The quantitative estimate of drug-likeness (QED) is 0.578. The monoisotopic (exact) mass is 175 g/mol. The second kappa shape index (κ2) is 4.66. The molecular formula is C5H6BrNO. The van der Waals surface area contributed by atoms with Crippen LogP contribution in [0.3, 0.4) is 0 Å². The SMILES string of the molecule is CCNC(=O)C#CBr. The molecule has 0 aromatic rings. The molecule has 44 valence electrons. The Morgan fingerprint density at radius 1 is 1.88 bits per heavy atom. The Hall–Kier alpha value is -0.490. The molecule has 0 unspecified atom stereocenters. The van der Waals surface area contributed by atoms with Crippen LogP contribution in [0, 0.1) is 10.8 Å². The zero-order valence-electron chi connectivity index (χ0n) is 4.49. The molecule has 1 N–H and O–H groups in total. The molecule has 8 heavy (non-hydrogen) atoms. The molecule has 0 aromatic heterocycles. The lowest BCUT2D eigenvalue weighted by Crippen LogP contribution is -2.20. The number of rotatable bonds is 1. The van der Waals surface area contributed by atoms with Crippen molar-refractivity contribution >= 4 is 21.8 Å². The topological polar surface area (TPSA) is 29.1 Å². The lowest BCUT2D eigenvalue weighted by Gasteiger charge is -1.88. The summed E-state index contributed by atoms with van der Waals surface area (Å²) in [7, 11) is 0. The van der Waals surface area contributed by atoms with Crippen LogP contribution in [0.25, 0.3) is 0 Å². The summed E-state index contributed by atoms with van der Waals surface area (Å²) in [6.07, 6.45) is 0. The van der Waals surface area contributed by atoms with Gasteiger partial charge in [-0.2, -0.15) is 0 Å². The van der Waals surface area contributed by atoms with E-state index >= 15 is 0 Å². The zero-order chi connectivity index (χ0) is 6.41. The third-order valence-corrected chi connectivity index (χ3v) is 0.696. The van der Waals surface area contributed by atoms with Gasteiger partial charge in [0.25, 0.3) is 5.91 Å². The highest BCUT2D eigenvalue weighted by atomic mass is 79.9. The third-order valence-electron chi connectivity index (χ3n) is 0.498. The molecule has 0 saturated carbocycles. The van der Waals surface area contributed by atoms with Crippen LogP contribution in [0.5, 0.6) is 0 Å². The average molecular weight is 176 g/mol. The molecular weight excluding hydrogens is 170 g/mol. The summed E-state index contributed by atoms with van der Waals surface area (Å²) in [6.45, 7) is 2.47. The van der Waals surface area contributed by atoms with Crippen molar-refractivity contribution in [1.82, 2.24) is 5.32 Å². The van der Waals surface area contributed by atoms with E-state index in [9.17, 15) is 4.79 Å². The predicted molar refractivity (Wildman–Crippen MR) is 35.4 cm³/mol. The van der Waals surface area contributed by atoms with Crippen molar-refractivity contribution in [3.8, 4) is 10.8 Å². The fourth-order valence-corrected chi connectivity index (χ4v) is 0.428. The second-order valence-corrected chi connectivity index (χ2v) is 1.48. The average Bonchev–Trinajstić information content (AvgIpc) is 1.68. The lowest BCUT2D eigenvalue weighted by atomic mass is 10.6. The molecule has 0 aliphatic rings. The van der Waals surface area contributed by atoms with Crippen LogP contribution in [0.2, 0.25) is 0 Å². The van der Waals surface area contributed by atoms with E-state index in [1.807, 2.05) is 6.92 Å². The molecule has 0 aliphatic heterocycles. The standard InChI is InChI=1S/C5H6BrNO/c1-2-7-5(8)3-4-6/h2H2,1H3,(H,7,8). The minimum absolute atomic E-state index is 0.246. The molecule has 1 amide bonds. The smallest absolute Gasteiger partial charge is 0.296 e. The summed E-state index contributed by atoms with van der Waals surface area (Å²) in [4.78, 5) is 12.6. The zero-order valence-corrected chi connectivity index (χ0v) is 6.08. The fourth-order valence-electron chi connectivity index (χ4n) is 0.248. The Balaban J connectivity index is 3.44. The van der Waals surface area contributed by atoms with Crippen molar-refractivity contribution < 1.29 is 4.79 Å². The normalized spacial score (nSPS) is 6.75. The van der Waals surface area contributed by atoms with Crippen LogP contribution >= 0.6 is 15.9 Å². The van der Waals surface area contributed by atoms with E-state index in [1.165, 1.54) is 0 Å². The molecule has 0 rings (SSSR count). The van der Waals surface area contributed by atoms with Crippen molar-refractivity contribution in [3.63, 3.8) is 0 Å². The van der Waals surface area contributed by atoms with Gasteiger partial charge in [0.05, 0.1) is 0 Å². The summed E-state index contributed by atoms with van der Waals surface area (Å²) in [5.74, 6) is 2.02.